The van der Waals surface area contributed by atoms with Crippen molar-refractivity contribution in [2.75, 3.05) is 23.4 Å². The number of amides is 3. The quantitative estimate of drug-likeness (QED) is 0.690. The zero-order chi connectivity index (χ0) is 22.5. The van der Waals surface area contributed by atoms with E-state index >= 15 is 0 Å². The number of halogens is 3. The first kappa shape index (κ1) is 20.6. The average molecular weight is 432 g/mol. The molecule has 31 heavy (non-hydrogen) atoms. The van der Waals surface area contributed by atoms with Gasteiger partial charge >= 0.3 is 12.2 Å². The molecule has 4 rings (SSSR count). The molecule has 8 nitrogen and oxygen atoms in total. The van der Waals surface area contributed by atoms with Crippen molar-refractivity contribution in [1.82, 2.24) is 20.1 Å². The zero-order valence-corrected chi connectivity index (χ0v) is 16.9. The number of benzene rings is 1. The van der Waals surface area contributed by atoms with Crippen LogP contribution in [0.25, 0.3) is 10.9 Å². The first-order valence-corrected chi connectivity index (χ1v) is 9.38. The van der Waals surface area contributed by atoms with Gasteiger partial charge in [0.25, 0.3) is 5.91 Å². The van der Waals surface area contributed by atoms with Crippen LogP contribution in [-0.4, -0.2) is 46.3 Å². The monoisotopic (exact) mass is 432 g/mol. The number of carbonyl (C=O) groups excluding carboxylic acids is 2. The number of fused-ring (bicyclic) bond motifs is 1. The Hall–Kier alpha value is -3.63. The van der Waals surface area contributed by atoms with E-state index in [-0.39, 0.29) is 18.1 Å². The summed E-state index contributed by atoms with van der Waals surface area (Å²) in [5.74, 6) is -0.687. The van der Waals surface area contributed by atoms with Crippen LogP contribution < -0.4 is 15.1 Å². The highest BCUT2D eigenvalue weighted by Crippen LogP contribution is 2.33. The maximum absolute atomic E-state index is 13.2. The van der Waals surface area contributed by atoms with Crippen LogP contribution in [0, 0.1) is 6.92 Å². The normalized spacial score (nSPS) is 16.6. The molecule has 1 N–H and O–H groups in total. The number of pyridine rings is 1. The maximum Gasteiger partial charge on any atom is 0.416 e. The standard InChI is InChI=1S/C20H19F3N6O2/c1-11-6-13(20(21,22)23)7-17(26-11)29-16(10-24-19(29)31)18(30)27(2)14-5-4-12-9-25-28(3)15(12)8-14/h4-9,16H,10H2,1-3H3,(H,24,31). The number of aryl methyl sites for hydroxylation is 2. The summed E-state index contributed by atoms with van der Waals surface area (Å²) in [7, 11) is 3.32. The number of likely N-dealkylation sites (N-methyl/N-ethyl adjacent to an activating group) is 1. The molecule has 2 aromatic heterocycles. The fourth-order valence-corrected chi connectivity index (χ4v) is 3.59. The van der Waals surface area contributed by atoms with Crippen LogP contribution in [0.3, 0.4) is 0 Å². The number of aromatic nitrogens is 3. The van der Waals surface area contributed by atoms with Crippen LogP contribution in [0.2, 0.25) is 0 Å². The number of nitrogens with one attached hydrogen (secondary N) is 1. The van der Waals surface area contributed by atoms with E-state index in [0.29, 0.717) is 5.69 Å². The van der Waals surface area contributed by atoms with E-state index in [9.17, 15) is 22.8 Å². The van der Waals surface area contributed by atoms with E-state index in [0.717, 1.165) is 27.9 Å². The number of hydrogen-bond acceptors (Lipinski definition) is 4. The molecule has 0 radical (unpaired) electrons. The van der Waals surface area contributed by atoms with Crippen LogP contribution in [0.15, 0.2) is 36.5 Å². The lowest BCUT2D eigenvalue weighted by atomic mass is 10.1. The van der Waals surface area contributed by atoms with Crippen molar-refractivity contribution < 1.29 is 22.8 Å². The average Bonchev–Trinajstić information content (AvgIpc) is 3.28. The Labute approximate surface area is 175 Å². The van der Waals surface area contributed by atoms with E-state index in [1.54, 1.807) is 37.1 Å². The van der Waals surface area contributed by atoms with E-state index in [2.05, 4.69) is 15.4 Å². The Morgan fingerprint density at radius 3 is 2.71 bits per heavy atom. The first-order valence-electron chi connectivity index (χ1n) is 9.38. The molecule has 1 saturated heterocycles. The molecule has 3 amide bonds. The molecule has 1 aromatic carbocycles. The van der Waals surface area contributed by atoms with Gasteiger partial charge in [0.05, 0.1) is 17.3 Å². The molecular weight excluding hydrogens is 413 g/mol. The number of alkyl halides is 3. The fourth-order valence-electron chi connectivity index (χ4n) is 3.59. The van der Waals surface area contributed by atoms with Crippen molar-refractivity contribution in [2.24, 2.45) is 7.05 Å². The van der Waals surface area contributed by atoms with Gasteiger partial charge in [-0.2, -0.15) is 18.3 Å². The Morgan fingerprint density at radius 1 is 1.26 bits per heavy atom. The number of anilines is 2. The zero-order valence-electron chi connectivity index (χ0n) is 16.9. The van der Waals surface area contributed by atoms with Gasteiger partial charge in [-0.25, -0.2) is 9.78 Å². The Kier molecular flexibility index (Phi) is 4.83. The SMILES string of the molecule is Cc1cc(C(F)(F)F)cc(N2C(=O)NCC2C(=O)N(C)c2ccc3cnn(C)c3c2)n1. The lowest BCUT2D eigenvalue weighted by Crippen LogP contribution is -2.47. The lowest BCUT2D eigenvalue weighted by molar-refractivity contribution is -0.137. The third-order valence-corrected chi connectivity index (χ3v) is 5.23. The summed E-state index contributed by atoms with van der Waals surface area (Å²) >= 11 is 0. The third-order valence-electron chi connectivity index (χ3n) is 5.23. The number of rotatable bonds is 3. The molecule has 0 aliphatic carbocycles. The highest BCUT2D eigenvalue weighted by molar-refractivity contribution is 6.08. The summed E-state index contributed by atoms with van der Waals surface area (Å²) < 4.78 is 41.4. The summed E-state index contributed by atoms with van der Waals surface area (Å²) in [4.78, 5) is 32.1. The molecule has 162 valence electrons. The van der Waals surface area contributed by atoms with Crippen LogP contribution >= 0.6 is 0 Å². The molecule has 1 fully saturated rings. The second-order valence-electron chi connectivity index (χ2n) is 7.33. The number of urea groups is 1. The highest BCUT2D eigenvalue weighted by atomic mass is 19.4. The van der Waals surface area contributed by atoms with Crippen LogP contribution in [0.5, 0.6) is 0 Å². The largest absolute Gasteiger partial charge is 0.416 e. The van der Waals surface area contributed by atoms with Gasteiger partial charge in [0.15, 0.2) is 0 Å². The van der Waals surface area contributed by atoms with Crippen molar-refractivity contribution >= 4 is 34.3 Å². The highest BCUT2D eigenvalue weighted by Gasteiger charge is 2.41. The molecule has 0 spiro atoms. The van der Waals surface area contributed by atoms with Gasteiger partial charge in [-0.3, -0.25) is 14.4 Å². The van der Waals surface area contributed by atoms with Crippen molar-refractivity contribution in [3.8, 4) is 0 Å². The van der Waals surface area contributed by atoms with E-state index in [1.165, 1.54) is 11.8 Å². The molecule has 0 saturated carbocycles. The van der Waals surface area contributed by atoms with Crippen LogP contribution in [0.1, 0.15) is 11.3 Å². The summed E-state index contributed by atoms with van der Waals surface area (Å²) in [6.45, 7) is 1.35. The second-order valence-corrected chi connectivity index (χ2v) is 7.33. The van der Waals surface area contributed by atoms with Crippen molar-refractivity contribution in [1.29, 1.82) is 0 Å². The van der Waals surface area contributed by atoms with Crippen LogP contribution in [-0.2, 0) is 18.0 Å². The van der Waals surface area contributed by atoms with Gasteiger partial charge in [0.1, 0.15) is 11.9 Å². The van der Waals surface area contributed by atoms with E-state index in [4.69, 9.17) is 0 Å². The molecule has 3 aromatic rings. The summed E-state index contributed by atoms with van der Waals surface area (Å²) in [5, 5.41) is 7.59. The molecule has 11 heteroatoms. The first-order chi connectivity index (χ1) is 14.6. The van der Waals surface area contributed by atoms with Crippen molar-refractivity contribution in [2.45, 2.75) is 19.1 Å². The summed E-state index contributed by atoms with van der Waals surface area (Å²) in [6, 6.07) is 5.28. The van der Waals surface area contributed by atoms with Crippen LogP contribution in [0.4, 0.5) is 29.5 Å². The van der Waals surface area contributed by atoms with E-state index in [1.807, 2.05) is 6.07 Å². The molecular formula is C20H19F3N6O2. The minimum absolute atomic E-state index is 0.0487. The van der Waals surface area contributed by atoms with Gasteiger partial charge in [-0.05, 0) is 37.3 Å². The van der Waals surface area contributed by atoms with Gasteiger partial charge in [-0.1, -0.05) is 0 Å². The minimum Gasteiger partial charge on any atom is -0.335 e. The second kappa shape index (κ2) is 7.25. The molecule has 1 aliphatic heterocycles. The lowest BCUT2D eigenvalue weighted by Gasteiger charge is -2.27. The van der Waals surface area contributed by atoms with Gasteiger partial charge in [0.2, 0.25) is 0 Å². The molecule has 3 heterocycles. The van der Waals surface area contributed by atoms with E-state index < -0.39 is 29.7 Å². The van der Waals surface area contributed by atoms with Gasteiger partial charge in [-0.15, -0.1) is 0 Å². The Bertz CT molecular complexity index is 1190. The number of hydrogen-bond donors (Lipinski definition) is 1. The molecule has 1 atom stereocenters. The predicted molar refractivity (Wildman–Crippen MR) is 108 cm³/mol. The topological polar surface area (TPSA) is 83.4 Å². The summed E-state index contributed by atoms with van der Waals surface area (Å²) in [6.07, 6.45) is -2.91. The minimum atomic E-state index is -4.60. The smallest absolute Gasteiger partial charge is 0.335 e. The van der Waals surface area contributed by atoms with Gasteiger partial charge < -0.3 is 10.2 Å². The van der Waals surface area contributed by atoms with Crippen molar-refractivity contribution in [3.05, 3.63) is 47.8 Å². The Morgan fingerprint density at radius 2 is 2.00 bits per heavy atom. The third kappa shape index (κ3) is 3.66. The van der Waals surface area contributed by atoms with Gasteiger partial charge in [0, 0.05) is 37.4 Å². The molecule has 1 unspecified atom stereocenters. The van der Waals surface area contributed by atoms with Crippen molar-refractivity contribution in [3.63, 3.8) is 0 Å². The number of carbonyl (C=O) groups is 2. The Balaban J connectivity index is 1.68. The summed E-state index contributed by atoms with van der Waals surface area (Å²) in [5.41, 5.74) is 0.528. The molecule has 0 bridgehead atoms. The predicted octanol–water partition coefficient (Wildman–Crippen LogP) is 2.86. The fraction of sp³-hybridized carbons (Fsp3) is 0.300. The number of nitrogens with zero attached hydrogens (tertiary/aromatic N) is 5. The maximum atomic E-state index is 13.2. The molecule has 1 aliphatic rings.